The molecule has 0 radical (unpaired) electrons. The van der Waals surface area contributed by atoms with Gasteiger partial charge in [0.25, 0.3) is 0 Å². The average molecular weight is 525 g/mol. The van der Waals surface area contributed by atoms with Crippen molar-refractivity contribution in [2.24, 2.45) is 10.8 Å². The van der Waals surface area contributed by atoms with E-state index >= 15 is 0 Å². The van der Waals surface area contributed by atoms with Gasteiger partial charge in [-0.25, -0.2) is 18.2 Å². The van der Waals surface area contributed by atoms with Crippen LogP contribution >= 0.6 is 0 Å². The van der Waals surface area contributed by atoms with Crippen LogP contribution in [0.2, 0.25) is 0 Å². The number of rotatable bonds is 5. The second-order valence-electron chi connectivity index (χ2n) is 12.6. The van der Waals surface area contributed by atoms with Crippen LogP contribution < -0.4 is 0 Å². The van der Waals surface area contributed by atoms with Crippen LogP contribution in [0.25, 0.3) is 0 Å². The molecular formula is C27H36N6O3S. The highest BCUT2D eigenvalue weighted by atomic mass is 32.2. The molecule has 5 fully saturated rings. The number of aromatic amines is 1. The summed E-state index contributed by atoms with van der Waals surface area (Å²) in [5, 5.41) is 7.60. The number of carbonyl (C=O) groups excluding carboxylic acids is 1. The Hall–Kier alpha value is -2.46. The maximum Gasteiger partial charge on any atom is 0.320 e. The van der Waals surface area contributed by atoms with E-state index in [0.29, 0.717) is 22.1 Å². The number of likely N-dealkylation sites (tertiary alicyclic amines) is 3. The Morgan fingerprint density at radius 2 is 1.70 bits per heavy atom. The molecule has 198 valence electrons. The summed E-state index contributed by atoms with van der Waals surface area (Å²) in [4.78, 5) is 24.7. The molecule has 5 aliphatic rings. The van der Waals surface area contributed by atoms with E-state index in [4.69, 9.17) is 4.98 Å². The number of amides is 2. The van der Waals surface area contributed by atoms with Gasteiger partial charge in [0, 0.05) is 61.6 Å². The third-order valence-electron chi connectivity index (χ3n) is 9.50. The van der Waals surface area contributed by atoms with Gasteiger partial charge in [-0.2, -0.15) is 5.10 Å². The Morgan fingerprint density at radius 3 is 2.35 bits per heavy atom. The molecule has 0 bridgehead atoms. The summed E-state index contributed by atoms with van der Waals surface area (Å²) in [6.07, 6.45) is 8.11. The largest absolute Gasteiger partial charge is 0.323 e. The van der Waals surface area contributed by atoms with Crippen molar-refractivity contribution >= 4 is 15.9 Å². The summed E-state index contributed by atoms with van der Waals surface area (Å²) < 4.78 is 23.7. The highest BCUT2D eigenvalue weighted by Gasteiger charge is 2.57. The summed E-state index contributed by atoms with van der Waals surface area (Å²) >= 11 is 0. The lowest BCUT2D eigenvalue weighted by molar-refractivity contribution is -0.0798. The number of benzene rings is 1. The maximum absolute atomic E-state index is 13.1. The van der Waals surface area contributed by atoms with E-state index in [0.717, 1.165) is 88.7 Å². The van der Waals surface area contributed by atoms with Crippen LogP contribution in [0.15, 0.2) is 29.2 Å². The Bertz CT molecular complexity index is 1310. The SMILES string of the molecule is CS(=O)(=O)c1cccc(CN2CCC3(CC2)CN(C(=O)N2CC4(CC(c5n[nH]c(C6CC6)n5)C4)C2)C3)c1. The minimum atomic E-state index is -3.19. The maximum atomic E-state index is 13.1. The fourth-order valence-corrected chi connectivity index (χ4v) is 7.76. The minimum absolute atomic E-state index is 0.216. The van der Waals surface area contributed by atoms with Gasteiger partial charge >= 0.3 is 6.03 Å². The van der Waals surface area contributed by atoms with E-state index in [-0.39, 0.29) is 11.4 Å². The highest BCUT2D eigenvalue weighted by molar-refractivity contribution is 7.90. The van der Waals surface area contributed by atoms with Crippen LogP contribution in [0, 0.1) is 10.8 Å². The number of carbonyl (C=O) groups is 1. The molecule has 37 heavy (non-hydrogen) atoms. The number of urea groups is 1. The molecule has 2 saturated carbocycles. The molecule has 7 rings (SSSR count). The van der Waals surface area contributed by atoms with Crippen LogP contribution in [-0.2, 0) is 16.4 Å². The van der Waals surface area contributed by atoms with Gasteiger partial charge in [-0.3, -0.25) is 10.00 Å². The molecule has 4 heterocycles. The summed E-state index contributed by atoms with van der Waals surface area (Å²) in [6.45, 7) is 6.26. The lowest BCUT2D eigenvalue weighted by Crippen LogP contribution is -2.70. The normalized spacial score (nSPS) is 25.1. The first-order chi connectivity index (χ1) is 17.7. The lowest BCUT2D eigenvalue weighted by Gasteiger charge is -2.61. The zero-order valence-corrected chi connectivity index (χ0v) is 22.3. The molecule has 1 aromatic carbocycles. The molecule has 1 aromatic heterocycles. The number of piperidine rings is 1. The lowest BCUT2D eigenvalue weighted by atomic mass is 9.57. The smallest absolute Gasteiger partial charge is 0.320 e. The predicted molar refractivity (Wildman–Crippen MR) is 138 cm³/mol. The van der Waals surface area contributed by atoms with Gasteiger partial charge in [-0.1, -0.05) is 12.1 Å². The average Bonchev–Trinajstić information content (AvgIpc) is 3.53. The molecule has 0 unspecified atom stereocenters. The molecule has 10 heteroatoms. The van der Waals surface area contributed by atoms with Crippen molar-refractivity contribution in [3.8, 4) is 0 Å². The molecule has 2 aliphatic carbocycles. The first kappa shape index (κ1) is 23.6. The van der Waals surface area contributed by atoms with Crippen LogP contribution in [0.4, 0.5) is 4.79 Å². The molecule has 9 nitrogen and oxygen atoms in total. The zero-order chi connectivity index (χ0) is 25.4. The van der Waals surface area contributed by atoms with Gasteiger partial charge in [-0.05, 0) is 69.3 Å². The Morgan fingerprint density at radius 1 is 1.03 bits per heavy atom. The van der Waals surface area contributed by atoms with Gasteiger partial charge in [0.1, 0.15) is 5.82 Å². The summed E-state index contributed by atoms with van der Waals surface area (Å²) in [6, 6.07) is 7.51. The monoisotopic (exact) mass is 524 g/mol. The summed E-state index contributed by atoms with van der Waals surface area (Å²) in [5.41, 5.74) is 1.60. The van der Waals surface area contributed by atoms with Gasteiger partial charge < -0.3 is 9.80 Å². The van der Waals surface area contributed by atoms with E-state index in [1.165, 1.54) is 19.1 Å². The Labute approximate surface area is 218 Å². The molecule has 3 saturated heterocycles. The first-order valence-corrected chi connectivity index (χ1v) is 15.6. The number of sulfone groups is 1. The van der Waals surface area contributed by atoms with Crippen molar-refractivity contribution in [1.82, 2.24) is 29.9 Å². The Balaban J connectivity index is 0.853. The van der Waals surface area contributed by atoms with Gasteiger partial charge in [0.05, 0.1) is 4.90 Å². The highest BCUT2D eigenvalue weighted by Crippen LogP contribution is 2.56. The van der Waals surface area contributed by atoms with Crippen molar-refractivity contribution in [2.75, 3.05) is 45.5 Å². The zero-order valence-electron chi connectivity index (χ0n) is 21.5. The molecule has 2 amide bonds. The number of aromatic nitrogens is 3. The summed E-state index contributed by atoms with van der Waals surface area (Å²) in [7, 11) is -3.19. The predicted octanol–water partition coefficient (Wildman–Crippen LogP) is 2.98. The number of nitrogens with one attached hydrogen (secondary N) is 1. The second kappa shape index (κ2) is 8.27. The van der Waals surface area contributed by atoms with Crippen LogP contribution in [-0.4, -0.2) is 89.9 Å². The number of H-pyrrole nitrogens is 1. The van der Waals surface area contributed by atoms with Crippen LogP contribution in [0.3, 0.4) is 0 Å². The third kappa shape index (κ3) is 4.35. The molecular weight excluding hydrogens is 488 g/mol. The van der Waals surface area contributed by atoms with Crippen molar-refractivity contribution in [2.45, 2.75) is 61.8 Å². The fraction of sp³-hybridized carbons (Fsp3) is 0.667. The number of hydrogen-bond donors (Lipinski definition) is 1. The van der Waals surface area contributed by atoms with E-state index in [2.05, 4.69) is 15.1 Å². The summed E-state index contributed by atoms with van der Waals surface area (Å²) in [5.74, 6) is 3.11. The number of nitrogens with zero attached hydrogens (tertiary/aromatic N) is 5. The first-order valence-electron chi connectivity index (χ1n) is 13.7. The quantitative estimate of drug-likeness (QED) is 0.645. The standard InChI is InChI=1S/C27H36N6O3S/c1-37(35,36)22-4-2-3-19(11-22)14-31-9-7-26(8-10-31)15-32(16-26)25(34)33-17-27(18-33)12-21(13-27)24-28-23(29-30-24)20-5-6-20/h2-4,11,20-21H,5-10,12-18H2,1H3,(H,28,29,30). The third-order valence-corrected chi connectivity index (χ3v) is 10.6. The Kier molecular flexibility index (Phi) is 5.28. The van der Waals surface area contributed by atoms with Crippen molar-refractivity contribution in [3.05, 3.63) is 41.5 Å². The molecule has 3 aliphatic heterocycles. The second-order valence-corrected chi connectivity index (χ2v) is 14.7. The minimum Gasteiger partial charge on any atom is -0.323 e. The van der Waals surface area contributed by atoms with E-state index in [9.17, 15) is 13.2 Å². The number of hydrogen-bond acceptors (Lipinski definition) is 6. The van der Waals surface area contributed by atoms with Gasteiger partial charge in [-0.15, -0.1) is 0 Å². The van der Waals surface area contributed by atoms with Crippen molar-refractivity contribution in [1.29, 1.82) is 0 Å². The molecule has 2 aromatic rings. The van der Waals surface area contributed by atoms with Gasteiger partial charge in [0.15, 0.2) is 15.7 Å². The van der Waals surface area contributed by atoms with Crippen LogP contribution in [0.1, 0.15) is 67.6 Å². The topological polar surface area (TPSA) is 103 Å². The van der Waals surface area contributed by atoms with Crippen molar-refractivity contribution < 1.29 is 13.2 Å². The fourth-order valence-electron chi connectivity index (χ4n) is 7.07. The van der Waals surface area contributed by atoms with Crippen molar-refractivity contribution in [3.63, 3.8) is 0 Å². The van der Waals surface area contributed by atoms with E-state index in [1.807, 2.05) is 21.9 Å². The van der Waals surface area contributed by atoms with Gasteiger partial charge in [0.2, 0.25) is 0 Å². The molecule has 2 spiro atoms. The van der Waals surface area contributed by atoms with E-state index in [1.54, 1.807) is 12.1 Å². The molecule has 0 atom stereocenters. The molecule has 1 N–H and O–H groups in total. The van der Waals surface area contributed by atoms with E-state index < -0.39 is 9.84 Å². The van der Waals surface area contributed by atoms with Crippen LogP contribution in [0.5, 0.6) is 0 Å².